The Hall–Kier alpha value is -0.0800. The van der Waals surface area contributed by atoms with E-state index in [0.717, 1.165) is 24.4 Å². The van der Waals surface area contributed by atoms with Gasteiger partial charge in [0.1, 0.15) is 0 Å². The minimum absolute atomic E-state index is 0.783. The van der Waals surface area contributed by atoms with Gasteiger partial charge in [0.25, 0.3) is 0 Å². The molecule has 14 heavy (non-hydrogen) atoms. The molecule has 2 fully saturated rings. The highest BCUT2D eigenvalue weighted by atomic mass is 15.2. The first-order valence-electron chi connectivity index (χ1n) is 6.23. The molecule has 1 saturated carbocycles. The highest BCUT2D eigenvalue weighted by Crippen LogP contribution is 2.38. The number of likely N-dealkylation sites (N-methyl/N-ethyl adjacent to an activating group) is 1. The van der Waals surface area contributed by atoms with Gasteiger partial charge in [0, 0.05) is 25.7 Å². The molecule has 1 aliphatic heterocycles. The SMILES string of the molecule is CCC(CNC)N1CC2CCCC2C1. The molecule has 3 unspecified atom stereocenters. The van der Waals surface area contributed by atoms with Crippen molar-refractivity contribution in [1.82, 2.24) is 10.2 Å². The molecule has 2 heteroatoms. The van der Waals surface area contributed by atoms with Gasteiger partial charge in [-0.25, -0.2) is 0 Å². The van der Waals surface area contributed by atoms with E-state index in [1.54, 1.807) is 0 Å². The fraction of sp³-hybridized carbons (Fsp3) is 1.00. The summed E-state index contributed by atoms with van der Waals surface area (Å²) in [6.45, 7) is 6.24. The van der Waals surface area contributed by atoms with Crippen molar-refractivity contribution in [2.75, 3.05) is 26.7 Å². The van der Waals surface area contributed by atoms with Crippen molar-refractivity contribution in [2.24, 2.45) is 11.8 Å². The molecule has 2 aliphatic rings. The van der Waals surface area contributed by atoms with E-state index in [2.05, 4.69) is 24.2 Å². The highest BCUT2D eigenvalue weighted by Gasteiger charge is 2.37. The van der Waals surface area contributed by atoms with Crippen LogP contribution in [0.5, 0.6) is 0 Å². The Morgan fingerprint density at radius 3 is 2.43 bits per heavy atom. The monoisotopic (exact) mass is 196 g/mol. The summed E-state index contributed by atoms with van der Waals surface area (Å²) in [5, 5.41) is 3.32. The Kier molecular flexibility index (Phi) is 3.45. The third kappa shape index (κ3) is 1.96. The van der Waals surface area contributed by atoms with E-state index in [-0.39, 0.29) is 0 Å². The molecule has 1 N–H and O–H groups in total. The summed E-state index contributed by atoms with van der Waals surface area (Å²) in [5.74, 6) is 2.09. The number of likely N-dealkylation sites (tertiary alicyclic amines) is 1. The molecular weight excluding hydrogens is 172 g/mol. The van der Waals surface area contributed by atoms with E-state index >= 15 is 0 Å². The predicted octanol–water partition coefficient (Wildman–Crippen LogP) is 1.72. The Balaban J connectivity index is 1.87. The van der Waals surface area contributed by atoms with E-state index in [0.29, 0.717) is 0 Å². The van der Waals surface area contributed by atoms with Crippen molar-refractivity contribution in [3.05, 3.63) is 0 Å². The van der Waals surface area contributed by atoms with Gasteiger partial charge in [-0.15, -0.1) is 0 Å². The van der Waals surface area contributed by atoms with Gasteiger partial charge in [0.15, 0.2) is 0 Å². The van der Waals surface area contributed by atoms with Crippen LogP contribution in [-0.2, 0) is 0 Å². The average molecular weight is 196 g/mol. The van der Waals surface area contributed by atoms with Crippen molar-refractivity contribution >= 4 is 0 Å². The summed E-state index contributed by atoms with van der Waals surface area (Å²) in [6, 6.07) is 0.783. The molecule has 0 radical (unpaired) electrons. The van der Waals surface area contributed by atoms with Crippen LogP contribution in [0.15, 0.2) is 0 Å². The molecule has 1 saturated heterocycles. The van der Waals surface area contributed by atoms with Gasteiger partial charge < -0.3 is 5.32 Å². The van der Waals surface area contributed by atoms with Gasteiger partial charge in [-0.3, -0.25) is 4.90 Å². The van der Waals surface area contributed by atoms with Crippen LogP contribution in [0.4, 0.5) is 0 Å². The zero-order chi connectivity index (χ0) is 9.97. The summed E-state index contributed by atoms with van der Waals surface area (Å²) in [7, 11) is 2.07. The van der Waals surface area contributed by atoms with Crippen LogP contribution in [0.3, 0.4) is 0 Å². The van der Waals surface area contributed by atoms with E-state index in [9.17, 15) is 0 Å². The fourth-order valence-electron chi connectivity index (χ4n) is 3.34. The lowest BCUT2D eigenvalue weighted by Crippen LogP contribution is -2.40. The molecule has 3 atom stereocenters. The zero-order valence-electron chi connectivity index (χ0n) is 9.63. The first-order valence-corrected chi connectivity index (χ1v) is 6.23. The van der Waals surface area contributed by atoms with Crippen molar-refractivity contribution in [2.45, 2.75) is 38.6 Å². The second-order valence-corrected chi connectivity index (χ2v) is 5.02. The van der Waals surface area contributed by atoms with Gasteiger partial charge in [0.05, 0.1) is 0 Å². The largest absolute Gasteiger partial charge is 0.318 e. The molecule has 2 rings (SSSR count). The molecule has 0 amide bonds. The third-order valence-corrected chi connectivity index (χ3v) is 4.18. The molecule has 2 nitrogen and oxygen atoms in total. The highest BCUT2D eigenvalue weighted by molar-refractivity contribution is 4.91. The van der Waals surface area contributed by atoms with Crippen LogP contribution in [0.25, 0.3) is 0 Å². The second-order valence-electron chi connectivity index (χ2n) is 5.02. The molecule has 82 valence electrons. The number of rotatable bonds is 4. The van der Waals surface area contributed by atoms with Crippen LogP contribution in [0, 0.1) is 11.8 Å². The van der Waals surface area contributed by atoms with Gasteiger partial charge in [-0.1, -0.05) is 13.3 Å². The first kappa shape index (κ1) is 10.4. The van der Waals surface area contributed by atoms with Crippen molar-refractivity contribution < 1.29 is 0 Å². The lowest BCUT2D eigenvalue weighted by atomic mass is 10.0. The fourth-order valence-corrected chi connectivity index (χ4v) is 3.34. The molecule has 0 aromatic rings. The van der Waals surface area contributed by atoms with E-state index < -0.39 is 0 Å². The van der Waals surface area contributed by atoms with Crippen LogP contribution in [0.2, 0.25) is 0 Å². The molecule has 0 aromatic heterocycles. The predicted molar refractivity (Wildman–Crippen MR) is 60.4 cm³/mol. The molecule has 1 aliphatic carbocycles. The average Bonchev–Trinajstić information content (AvgIpc) is 2.73. The Bertz CT molecular complexity index is 169. The minimum atomic E-state index is 0.783. The van der Waals surface area contributed by atoms with Crippen LogP contribution >= 0.6 is 0 Å². The van der Waals surface area contributed by atoms with E-state index in [1.807, 2.05) is 0 Å². The standard InChI is InChI=1S/C12H24N2/c1-3-12(7-13-2)14-8-10-5-4-6-11(10)9-14/h10-13H,3-9H2,1-2H3. The van der Waals surface area contributed by atoms with E-state index in [1.165, 1.54) is 38.8 Å². The van der Waals surface area contributed by atoms with Crippen molar-refractivity contribution in [1.29, 1.82) is 0 Å². The maximum atomic E-state index is 3.32. The third-order valence-electron chi connectivity index (χ3n) is 4.18. The normalized spacial score (nSPS) is 34.7. The number of nitrogens with one attached hydrogen (secondary N) is 1. The Morgan fingerprint density at radius 1 is 1.29 bits per heavy atom. The minimum Gasteiger partial charge on any atom is -0.318 e. The molecule has 0 bridgehead atoms. The first-order chi connectivity index (χ1) is 6.85. The number of hydrogen-bond acceptors (Lipinski definition) is 2. The smallest absolute Gasteiger partial charge is 0.0218 e. The summed E-state index contributed by atoms with van der Waals surface area (Å²) in [4.78, 5) is 2.73. The van der Waals surface area contributed by atoms with Crippen LogP contribution in [0.1, 0.15) is 32.6 Å². The van der Waals surface area contributed by atoms with Crippen molar-refractivity contribution in [3.63, 3.8) is 0 Å². The van der Waals surface area contributed by atoms with Crippen molar-refractivity contribution in [3.8, 4) is 0 Å². The Morgan fingerprint density at radius 2 is 1.93 bits per heavy atom. The van der Waals surface area contributed by atoms with Crippen LogP contribution in [-0.4, -0.2) is 37.6 Å². The quantitative estimate of drug-likeness (QED) is 0.736. The Labute approximate surface area is 88.1 Å². The van der Waals surface area contributed by atoms with Gasteiger partial charge in [0.2, 0.25) is 0 Å². The molecular formula is C12H24N2. The van der Waals surface area contributed by atoms with Gasteiger partial charge in [-0.2, -0.15) is 0 Å². The maximum absolute atomic E-state index is 3.32. The summed E-state index contributed by atoms with van der Waals surface area (Å²) in [5.41, 5.74) is 0. The number of nitrogens with zero attached hydrogens (tertiary/aromatic N) is 1. The number of fused-ring (bicyclic) bond motifs is 1. The van der Waals surface area contributed by atoms with E-state index in [4.69, 9.17) is 0 Å². The maximum Gasteiger partial charge on any atom is 0.0218 e. The lowest BCUT2D eigenvalue weighted by molar-refractivity contribution is 0.216. The summed E-state index contributed by atoms with van der Waals surface area (Å²) in [6.07, 6.45) is 5.78. The molecule has 0 spiro atoms. The van der Waals surface area contributed by atoms with Crippen LogP contribution < -0.4 is 5.32 Å². The summed E-state index contributed by atoms with van der Waals surface area (Å²) >= 11 is 0. The topological polar surface area (TPSA) is 15.3 Å². The lowest BCUT2D eigenvalue weighted by Gasteiger charge is -2.27. The summed E-state index contributed by atoms with van der Waals surface area (Å²) < 4.78 is 0. The van der Waals surface area contributed by atoms with Gasteiger partial charge >= 0.3 is 0 Å². The van der Waals surface area contributed by atoms with Gasteiger partial charge in [-0.05, 0) is 38.1 Å². The molecule has 0 aromatic carbocycles. The molecule has 1 heterocycles. The number of hydrogen-bond donors (Lipinski definition) is 1. The second kappa shape index (κ2) is 4.63. The zero-order valence-corrected chi connectivity index (χ0v) is 9.63.